The van der Waals surface area contributed by atoms with E-state index in [-0.39, 0.29) is 0 Å². The molecule has 1 aromatic carbocycles. The van der Waals surface area contributed by atoms with Crippen LogP contribution in [0.25, 0.3) is 0 Å². The topological polar surface area (TPSA) is 20.3 Å². The number of carbonyl (C=O) groups is 1. The summed E-state index contributed by atoms with van der Waals surface area (Å²) in [7, 11) is 0. The molecule has 92 valence electrons. The predicted octanol–water partition coefficient (Wildman–Crippen LogP) is 3.73. The number of thiophene rings is 1. The van der Waals surface area contributed by atoms with Gasteiger partial charge in [0.1, 0.15) is 6.29 Å². The van der Waals surface area contributed by atoms with Gasteiger partial charge in [0.2, 0.25) is 0 Å². The molecule has 0 saturated heterocycles. The van der Waals surface area contributed by atoms with Crippen LogP contribution in [0.15, 0.2) is 41.8 Å². The second-order valence-electron chi connectivity index (χ2n) is 4.65. The second kappa shape index (κ2) is 4.94. The molecule has 2 aromatic rings. The van der Waals surface area contributed by atoms with Crippen LogP contribution in [0.1, 0.15) is 28.1 Å². The van der Waals surface area contributed by atoms with Gasteiger partial charge in [-0.1, -0.05) is 6.07 Å². The lowest BCUT2D eigenvalue weighted by Gasteiger charge is -2.24. The van der Waals surface area contributed by atoms with E-state index in [0.717, 1.165) is 18.4 Å². The monoisotopic (exact) mass is 257 g/mol. The zero-order chi connectivity index (χ0) is 12.4. The van der Waals surface area contributed by atoms with E-state index in [0.29, 0.717) is 6.04 Å². The number of hydrogen-bond donors (Lipinski definition) is 0. The van der Waals surface area contributed by atoms with Gasteiger partial charge in [-0.2, -0.15) is 0 Å². The molecule has 3 heteroatoms. The van der Waals surface area contributed by atoms with Gasteiger partial charge in [0.05, 0.1) is 6.54 Å². The largest absolute Gasteiger partial charge is 0.363 e. The van der Waals surface area contributed by atoms with Crippen molar-refractivity contribution in [2.24, 2.45) is 0 Å². The third kappa shape index (κ3) is 2.46. The normalized spacial score (nSPS) is 14.4. The quantitative estimate of drug-likeness (QED) is 0.761. The Hall–Kier alpha value is -1.61. The Balaban J connectivity index is 1.82. The fourth-order valence-corrected chi connectivity index (χ4v) is 2.83. The van der Waals surface area contributed by atoms with Crippen molar-refractivity contribution in [3.8, 4) is 0 Å². The number of rotatable bonds is 5. The molecule has 1 aromatic heterocycles. The van der Waals surface area contributed by atoms with E-state index < -0.39 is 0 Å². The lowest BCUT2D eigenvalue weighted by molar-refractivity contribution is 0.112. The molecule has 0 N–H and O–H groups in total. The Morgan fingerprint density at radius 3 is 2.56 bits per heavy atom. The zero-order valence-electron chi connectivity index (χ0n) is 10.1. The van der Waals surface area contributed by atoms with Gasteiger partial charge < -0.3 is 4.90 Å². The van der Waals surface area contributed by atoms with Crippen LogP contribution in [0.2, 0.25) is 0 Å². The van der Waals surface area contributed by atoms with Crippen LogP contribution in [0.5, 0.6) is 0 Å². The molecule has 0 unspecified atom stereocenters. The van der Waals surface area contributed by atoms with Crippen LogP contribution >= 0.6 is 11.3 Å². The first-order chi connectivity index (χ1) is 8.86. The first kappa shape index (κ1) is 11.5. The van der Waals surface area contributed by atoms with Gasteiger partial charge >= 0.3 is 0 Å². The highest BCUT2D eigenvalue weighted by Crippen LogP contribution is 2.33. The van der Waals surface area contributed by atoms with Crippen LogP contribution < -0.4 is 4.90 Å². The molecule has 2 nitrogen and oxygen atoms in total. The maximum atomic E-state index is 10.7. The summed E-state index contributed by atoms with van der Waals surface area (Å²) in [5.41, 5.74) is 1.96. The van der Waals surface area contributed by atoms with E-state index in [1.54, 1.807) is 11.3 Å². The smallest absolute Gasteiger partial charge is 0.150 e. The summed E-state index contributed by atoms with van der Waals surface area (Å²) in [6, 6.07) is 12.8. The van der Waals surface area contributed by atoms with Gasteiger partial charge in [0, 0.05) is 22.2 Å². The molecule has 1 heterocycles. The summed E-state index contributed by atoms with van der Waals surface area (Å²) in [4.78, 5) is 14.5. The summed E-state index contributed by atoms with van der Waals surface area (Å²) < 4.78 is 0. The number of aldehydes is 1. The van der Waals surface area contributed by atoms with Crippen molar-refractivity contribution in [2.75, 3.05) is 4.90 Å². The van der Waals surface area contributed by atoms with Crippen LogP contribution in [0.3, 0.4) is 0 Å². The van der Waals surface area contributed by atoms with Gasteiger partial charge in [-0.25, -0.2) is 0 Å². The Kier molecular flexibility index (Phi) is 3.15. The lowest BCUT2D eigenvalue weighted by Crippen LogP contribution is -2.24. The average molecular weight is 257 g/mol. The van der Waals surface area contributed by atoms with E-state index >= 15 is 0 Å². The average Bonchev–Trinajstić information content (AvgIpc) is 3.13. The summed E-state index contributed by atoms with van der Waals surface area (Å²) in [6.45, 7) is 0.975. The van der Waals surface area contributed by atoms with Crippen molar-refractivity contribution >= 4 is 23.3 Å². The Morgan fingerprint density at radius 2 is 2.00 bits per heavy atom. The molecule has 1 aliphatic rings. The van der Waals surface area contributed by atoms with Crippen molar-refractivity contribution in [3.05, 3.63) is 52.2 Å². The molecular formula is C15H15NOS. The first-order valence-electron chi connectivity index (χ1n) is 6.21. The van der Waals surface area contributed by atoms with Crippen molar-refractivity contribution < 1.29 is 4.79 Å². The fourth-order valence-electron chi connectivity index (χ4n) is 2.13. The SMILES string of the molecule is O=Cc1ccc(N(Cc2cccs2)C2CC2)cc1. The summed E-state index contributed by atoms with van der Waals surface area (Å²) in [5, 5.41) is 2.12. The lowest BCUT2D eigenvalue weighted by atomic mass is 10.2. The standard InChI is InChI=1S/C15H15NOS/c17-11-12-3-5-13(6-4-12)16(14-7-8-14)10-15-2-1-9-18-15/h1-6,9,11,14H,7-8,10H2. The number of nitrogens with zero attached hydrogens (tertiary/aromatic N) is 1. The van der Waals surface area contributed by atoms with Crippen LogP contribution in [-0.4, -0.2) is 12.3 Å². The molecular weight excluding hydrogens is 242 g/mol. The third-order valence-electron chi connectivity index (χ3n) is 3.25. The highest BCUT2D eigenvalue weighted by atomic mass is 32.1. The molecule has 0 radical (unpaired) electrons. The molecule has 1 aliphatic carbocycles. The maximum Gasteiger partial charge on any atom is 0.150 e. The van der Waals surface area contributed by atoms with Gasteiger partial charge in [0.25, 0.3) is 0 Å². The van der Waals surface area contributed by atoms with E-state index in [1.807, 2.05) is 12.1 Å². The molecule has 0 spiro atoms. The van der Waals surface area contributed by atoms with Crippen molar-refractivity contribution in [1.29, 1.82) is 0 Å². The number of benzene rings is 1. The minimum absolute atomic E-state index is 0.675. The molecule has 0 atom stereocenters. The van der Waals surface area contributed by atoms with E-state index in [4.69, 9.17) is 0 Å². The summed E-state index contributed by atoms with van der Waals surface area (Å²) >= 11 is 1.80. The summed E-state index contributed by atoms with van der Waals surface area (Å²) in [6.07, 6.45) is 3.45. The predicted molar refractivity (Wildman–Crippen MR) is 75.4 cm³/mol. The van der Waals surface area contributed by atoms with E-state index in [1.165, 1.54) is 23.4 Å². The van der Waals surface area contributed by atoms with E-state index in [9.17, 15) is 4.79 Å². The highest BCUT2D eigenvalue weighted by molar-refractivity contribution is 7.09. The molecule has 3 rings (SSSR count). The Morgan fingerprint density at radius 1 is 1.22 bits per heavy atom. The molecule has 0 amide bonds. The number of hydrogen-bond acceptors (Lipinski definition) is 3. The highest BCUT2D eigenvalue weighted by Gasteiger charge is 2.29. The van der Waals surface area contributed by atoms with Crippen molar-refractivity contribution in [3.63, 3.8) is 0 Å². The number of carbonyl (C=O) groups excluding carboxylic acids is 1. The fraction of sp³-hybridized carbons (Fsp3) is 0.267. The molecule has 18 heavy (non-hydrogen) atoms. The first-order valence-corrected chi connectivity index (χ1v) is 7.09. The molecule has 0 bridgehead atoms. The van der Waals surface area contributed by atoms with Crippen LogP contribution in [0, 0.1) is 0 Å². The Labute approximate surface area is 111 Å². The van der Waals surface area contributed by atoms with Crippen LogP contribution in [-0.2, 0) is 6.54 Å². The van der Waals surface area contributed by atoms with Gasteiger partial charge in [-0.05, 0) is 48.6 Å². The minimum Gasteiger partial charge on any atom is -0.363 e. The third-order valence-corrected chi connectivity index (χ3v) is 4.12. The van der Waals surface area contributed by atoms with E-state index in [2.05, 4.69) is 34.5 Å². The van der Waals surface area contributed by atoms with Crippen molar-refractivity contribution in [2.45, 2.75) is 25.4 Å². The van der Waals surface area contributed by atoms with Gasteiger partial charge in [-0.15, -0.1) is 11.3 Å². The van der Waals surface area contributed by atoms with Gasteiger partial charge in [0.15, 0.2) is 0 Å². The second-order valence-corrected chi connectivity index (χ2v) is 5.68. The van der Waals surface area contributed by atoms with Gasteiger partial charge in [-0.3, -0.25) is 4.79 Å². The summed E-state index contributed by atoms with van der Waals surface area (Å²) in [5.74, 6) is 0. The molecule has 0 aliphatic heterocycles. The number of anilines is 1. The Bertz CT molecular complexity index is 514. The van der Waals surface area contributed by atoms with Crippen molar-refractivity contribution in [1.82, 2.24) is 0 Å². The maximum absolute atomic E-state index is 10.7. The zero-order valence-corrected chi connectivity index (χ0v) is 10.9. The molecule has 1 saturated carbocycles. The van der Waals surface area contributed by atoms with Crippen LogP contribution in [0.4, 0.5) is 5.69 Å². The molecule has 1 fully saturated rings. The minimum atomic E-state index is 0.675.